The summed E-state index contributed by atoms with van der Waals surface area (Å²) in [7, 11) is 0. The summed E-state index contributed by atoms with van der Waals surface area (Å²) >= 11 is 0. The van der Waals surface area contributed by atoms with Gasteiger partial charge in [-0.15, -0.1) is 0 Å². The van der Waals surface area contributed by atoms with Gasteiger partial charge in [-0.25, -0.2) is 0 Å². The molecule has 1 aromatic carbocycles. The van der Waals surface area contributed by atoms with Crippen LogP contribution in [-0.2, 0) is 16.1 Å². The number of rotatable bonds is 4. The van der Waals surface area contributed by atoms with Gasteiger partial charge >= 0.3 is 0 Å². The molecular weight excluding hydrogens is 380 g/mol. The highest BCUT2D eigenvalue weighted by Crippen LogP contribution is 2.41. The summed E-state index contributed by atoms with van der Waals surface area (Å²) < 4.78 is 5.80. The Hall–Kier alpha value is -3.67. The molecule has 3 aromatic rings. The van der Waals surface area contributed by atoms with Crippen molar-refractivity contribution in [3.63, 3.8) is 0 Å². The van der Waals surface area contributed by atoms with E-state index in [1.54, 1.807) is 43.6 Å². The topological polar surface area (TPSA) is 83.6 Å². The number of aryl methyl sites for hydroxylation is 3. The molecule has 152 valence electrons. The van der Waals surface area contributed by atoms with Crippen molar-refractivity contribution in [2.45, 2.75) is 33.4 Å². The number of ketones is 1. The van der Waals surface area contributed by atoms with Gasteiger partial charge in [0, 0.05) is 24.5 Å². The molecule has 1 aliphatic heterocycles. The smallest absolute Gasteiger partial charge is 0.296 e. The molecule has 1 saturated heterocycles. The molecule has 1 N–H and O–H groups in total. The maximum absolute atomic E-state index is 13.0. The third-order valence-corrected chi connectivity index (χ3v) is 5.32. The fraction of sp³-hybridized carbons (Fsp3) is 0.208. The summed E-state index contributed by atoms with van der Waals surface area (Å²) in [6, 6.07) is 11.9. The lowest BCUT2D eigenvalue weighted by atomic mass is 9.96. The Morgan fingerprint density at radius 2 is 1.80 bits per heavy atom. The van der Waals surface area contributed by atoms with E-state index in [1.165, 1.54) is 4.90 Å². The van der Waals surface area contributed by atoms with Gasteiger partial charge in [-0.05, 0) is 62.2 Å². The van der Waals surface area contributed by atoms with Crippen LogP contribution >= 0.6 is 0 Å². The Morgan fingerprint density at radius 1 is 1.07 bits per heavy atom. The van der Waals surface area contributed by atoms with Crippen LogP contribution < -0.4 is 0 Å². The van der Waals surface area contributed by atoms with Crippen LogP contribution in [0.2, 0.25) is 0 Å². The number of benzene rings is 1. The van der Waals surface area contributed by atoms with Crippen molar-refractivity contribution in [1.82, 2.24) is 9.88 Å². The largest absolute Gasteiger partial charge is 0.507 e. The zero-order valence-corrected chi connectivity index (χ0v) is 17.0. The molecule has 6 heteroatoms. The van der Waals surface area contributed by atoms with E-state index < -0.39 is 17.7 Å². The Labute approximate surface area is 174 Å². The zero-order valence-electron chi connectivity index (χ0n) is 17.0. The van der Waals surface area contributed by atoms with Gasteiger partial charge in [0.2, 0.25) is 0 Å². The number of aromatic nitrogens is 1. The van der Waals surface area contributed by atoms with E-state index in [-0.39, 0.29) is 17.9 Å². The van der Waals surface area contributed by atoms with Gasteiger partial charge < -0.3 is 14.4 Å². The number of aliphatic hydroxyl groups excluding tert-OH is 1. The molecule has 2 aromatic heterocycles. The number of likely N-dealkylation sites (tertiary alicyclic amines) is 1. The van der Waals surface area contributed by atoms with Crippen LogP contribution in [0.3, 0.4) is 0 Å². The average Bonchev–Trinajstić information content (AvgIpc) is 3.26. The van der Waals surface area contributed by atoms with Gasteiger partial charge in [-0.2, -0.15) is 0 Å². The molecule has 0 radical (unpaired) electrons. The number of hydrogen-bond acceptors (Lipinski definition) is 5. The first-order chi connectivity index (χ1) is 14.4. The fourth-order valence-electron chi connectivity index (χ4n) is 3.76. The quantitative estimate of drug-likeness (QED) is 0.401. The summed E-state index contributed by atoms with van der Waals surface area (Å²) in [5.41, 5.74) is 3.15. The third-order valence-electron chi connectivity index (χ3n) is 5.32. The van der Waals surface area contributed by atoms with Crippen molar-refractivity contribution in [2.75, 3.05) is 0 Å². The van der Waals surface area contributed by atoms with Crippen LogP contribution in [0.5, 0.6) is 0 Å². The molecule has 1 fully saturated rings. The van der Waals surface area contributed by atoms with Crippen molar-refractivity contribution in [1.29, 1.82) is 0 Å². The highest BCUT2D eigenvalue weighted by molar-refractivity contribution is 6.46. The molecule has 3 heterocycles. The number of nitrogens with zero attached hydrogens (tertiary/aromatic N) is 2. The van der Waals surface area contributed by atoms with Crippen LogP contribution in [0.1, 0.15) is 39.8 Å². The van der Waals surface area contributed by atoms with Crippen LogP contribution in [0.15, 0.2) is 64.8 Å². The van der Waals surface area contributed by atoms with E-state index in [2.05, 4.69) is 4.98 Å². The Bertz CT molecular complexity index is 1160. The first-order valence-electron chi connectivity index (χ1n) is 9.68. The minimum atomic E-state index is -0.813. The first kappa shape index (κ1) is 19.6. The maximum atomic E-state index is 13.0. The molecule has 6 nitrogen and oxygen atoms in total. The Balaban J connectivity index is 1.89. The second kappa shape index (κ2) is 7.63. The summed E-state index contributed by atoms with van der Waals surface area (Å²) in [5, 5.41) is 11.2. The third kappa shape index (κ3) is 3.41. The molecule has 0 spiro atoms. The molecule has 30 heavy (non-hydrogen) atoms. The summed E-state index contributed by atoms with van der Waals surface area (Å²) in [4.78, 5) is 31.5. The van der Waals surface area contributed by atoms with Crippen molar-refractivity contribution < 1.29 is 19.1 Å². The van der Waals surface area contributed by atoms with Gasteiger partial charge in [-0.1, -0.05) is 17.7 Å². The van der Waals surface area contributed by atoms with Crippen molar-refractivity contribution in [3.8, 4) is 0 Å². The number of carbonyl (C=O) groups is 2. The lowest BCUT2D eigenvalue weighted by Crippen LogP contribution is -2.29. The minimum Gasteiger partial charge on any atom is -0.507 e. The monoisotopic (exact) mass is 402 g/mol. The van der Waals surface area contributed by atoms with E-state index in [0.717, 1.165) is 16.7 Å². The first-order valence-corrected chi connectivity index (χ1v) is 9.68. The van der Waals surface area contributed by atoms with E-state index in [4.69, 9.17) is 4.42 Å². The van der Waals surface area contributed by atoms with Gasteiger partial charge in [0.25, 0.3) is 11.7 Å². The Kier molecular flexibility index (Phi) is 4.99. The van der Waals surface area contributed by atoms with Gasteiger partial charge in [0.05, 0.1) is 5.57 Å². The molecule has 1 aliphatic rings. The predicted molar refractivity (Wildman–Crippen MR) is 111 cm³/mol. The number of carbonyl (C=O) groups excluding carboxylic acids is 2. The van der Waals surface area contributed by atoms with E-state index in [9.17, 15) is 14.7 Å². The number of furan rings is 1. The molecular formula is C24H22N2O4. The van der Waals surface area contributed by atoms with Crippen molar-refractivity contribution in [2.24, 2.45) is 0 Å². The van der Waals surface area contributed by atoms with Gasteiger partial charge in [0.1, 0.15) is 23.3 Å². The highest BCUT2D eigenvalue weighted by Gasteiger charge is 2.47. The standard InChI is InChI=1S/C24H22N2O4/c1-14-4-5-15(2)18(12-14)22(27)20-21(19-7-6-16(3)30-19)26(24(29)23(20)28)13-17-8-10-25-11-9-17/h4-12,21,27H,13H2,1-3H3/b22-20+. The highest BCUT2D eigenvalue weighted by atomic mass is 16.3. The molecule has 1 amide bonds. The van der Waals surface area contributed by atoms with Crippen LogP contribution in [-0.4, -0.2) is 26.7 Å². The van der Waals surface area contributed by atoms with Crippen molar-refractivity contribution >= 4 is 17.4 Å². The van der Waals surface area contributed by atoms with Gasteiger partial charge in [0.15, 0.2) is 0 Å². The van der Waals surface area contributed by atoms with Crippen LogP contribution in [0, 0.1) is 20.8 Å². The molecule has 0 aliphatic carbocycles. The molecule has 1 atom stereocenters. The lowest BCUT2D eigenvalue weighted by molar-refractivity contribution is -0.140. The van der Waals surface area contributed by atoms with E-state index >= 15 is 0 Å². The predicted octanol–water partition coefficient (Wildman–Crippen LogP) is 4.22. The fourth-order valence-corrected chi connectivity index (χ4v) is 3.76. The SMILES string of the molecule is Cc1ccc(C)c(/C(O)=C2\C(=O)C(=O)N(Cc3ccncc3)C2c2ccc(C)o2)c1. The summed E-state index contributed by atoms with van der Waals surface area (Å²) in [6.45, 7) is 5.75. The zero-order chi connectivity index (χ0) is 21.4. The number of amides is 1. The molecule has 0 saturated carbocycles. The van der Waals surface area contributed by atoms with E-state index in [0.29, 0.717) is 17.1 Å². The number of aliphatic hydroxyl groups is 1. The van der Waals surface area contributed by atoms with Gasteiger partial charge in [-0.3, -0.25) is 14.6 Å². The van der Waals surface area contributed by atoms with E-state index in [1.807, 2.05) is 32.0 Å². The minimum absolute atomic E-state index is 0.0390. The number of Topliss-reactive ketones (excluding diaryl/α,β-unsaturated/α-hetero) is 1. The molecule has 4 rings (SSSR count). The molecule has 0 bridgehead atoms. The average molecular weight is 402 g/mol. The van der Waals surface area contributed by atoms with Crippen LogP contribution in [0.25, 0.3) is 5.76 Å². The summed E-state index contributed by atoms with van der Waals surface area (Å²) in [6.07, 6.45) is 3.27. The maximum Gasteiger partial charge on any atom is 0.296 e. The number of pyridine rings is 1. The second-order valence-corrected chi connectivity index (χ2v) is 7.55. The van der Waals surface area contributed by atoms with Crippen molar-refractivity contribution in [3.05, 3.63) is 94.2 Å². The lowest BCUT2D eigenvalue weighted by Gasteiger charge is -2.23. The molecule has 1 unspecified atom stereocenters. The summed E-state index contributed by atoms with van der Waals surface area (Å²) in [5.74, 6) is -0.482. The number of hydrogen-bond donors (Lipinski definition) is 1. The normalized spacial score (nSPS) is 18.2. The van der Waals surface area contributed by atoms with Crippen LogP contribution in [0.4, 0.5) is 0 Å². The Morgan fingerprint density at radius 3 is 2.47 bits per heavy atom. The second-order valence-electron chi connectivity index (χ2n) is 7.55.